The highest BCUT2D eigenvalue weighted by Gasteiger charge is 2.30. The Balaban J connectivity index is 1.50. The van der Waals surface area contributed by atoms with Gasteiger partial charge in [-0.3, -0.25) is 4.90 Å². The first kappa shape index (κ1) is 17.5. The van der Waals surface area contributed by atoms with Gasteiger partial charge in [-0.25, -0.2) is 0 Å². The maximum absolute atomic E-state index is 12.7. The van der Waals surface area contributed by atoms with Gasteiger partial charge >= 0.3 is 6.18 Å². The van der Waals surface area contributed by atoms with Crippen molar-refractivity contribution >= 4 is 6.21 Å². The third-order valence-corrected chi connectivity index (χ3v) is 4.10. The molecule has 2 aromatic rings. The fourth-order valence-electron chi connectivity index (χ4n) is 2.84. The lowest BCUT2D eigenvalue weighted by atomic mass is 10.1. The second-order valence-corrected chi connectivity index (χ2v) is 6.09. The zero-order chi connectivity index (χ0) is 17.7. The van der Waals surface area contributed by atoms with Gasteiger partial charge in [0.1, 0.15) is 6.10 Å². The highest BCUT2D eigenvalue weighted by molar-refractivity contribution is 5.79. The lowest BCUT2D eigenvalue weighted by Gasteiger charge is -2.15. The molecule has 1 saturated heterocycles. The van der Waals surface area contributed by atoms with Crippen LogP contribution in [0.25, 0.3) is 0 Å². The summed E-state index contributed by atoms with van der Waals surface area (Å²) in [5.41, 5.74) is 0.927. The minimum atomic E-state index is -4.35. The summed E-state index contributed by atoms with van der Waals surface area (Å²) in [6, 6.07) is 15.2. The van der Waals surface area contributed by atoms with Gasteiger partial charge in [0.05, 0.1) is 11.8 Å². The summed E-state index contributed by atoms with van der Waals surface area (Å²) in [6.45, 7) is 2.53. The number of alkyl halides is 3. The number of hydrogen-bond donors (Lipinski definition) is 0. The zero-order valence-electron chi connectivity index (χ0n) is 13.6. The van der Waals surface area contributed by atoms with E-state index < -0.39 is 11.7 Å². The van der Waals surface area contributed by atoms with Crippen molar-refractivity contribution in [2.24, 2.45) is 5.16 Å². The Morgan fingerprint density at radius 2 is 1.92 bits per heavy atom. The van der Waals surface area contributed by atoms with Crippen molar-refractivity contribution in [1.29, 1.82) is 0 Å². The topological polar surface area (TPSA) is 24.8 Å². The van der Waals surface area contributed by atoms with Gasteiger partial charge in [0.2, 0.25) is 0 Å². The molecule has 2 aromatic carbocycles. The molecule has 3 nitrogen and oxygen atoms in total. The molecule has 132 valence electrons. The summed E-state index contributed by atoms with van der Waals surface area (Å²) >= 11 is 0. The van der Waals surface area contributed by atoms with E-state index in [1.165, 1.54) is 17.8 Å². The van der Waals surface area contributed by atoms with Gasteiger partial charge in [0.15, 0.2) is 0 Å². The highest BCUT2D eigenvalue weighted by atomic mass is 19.4. The first-order chi connectivity index (χ1) is 12.0. The van der Waals surface area contributed by atoms with E-state index >= 15 is 0 Å². The van der Waals surface area contributed by atoms with Gasteiger partial charge in [-0.1, -0.05) is 47.6 Å². The second-order valence-electron chi connectivity index (χ2n) is 6.09. The fraction of sp³-hybridized carbons (Fsp3) is 0.316. The molecule has 0 aliphatic carbocycles. The lowest BCUT2D eigenvalue weighted by molar-refractivity contribution is -0.137. The van der Waals surface area contributed by atoms with Crippen molar-refractivity contribution in [1.82, 2.24) is 4.90 Å². The third kappa shape index (κ3) is 5.06. The largest absolute Gasteiger partial charge is 0.416 e. The summed E-state index contributed by atoms with van der Waals surface area (Å²) in [6.07, 6.45) is -2.21. The van der Waals surface area contributed by atoms with Crippen molar-refractivity contribution in [3.8, 4) is 0 Å². The number of halogens is 3. The highest BCUT2D eigenvalue weighted by Crippen LogP contribution is 2.29. The maximum atomic E-state index is 12.7. The summed E-state index contributed by atoms with van der Waals surface area (Å²) in [4.78, 5) is 7.72. The first-order valence-electron chi connectivity index (χ1n) is 8.13. The smallest absolute Gasteiger partial charge is 0.391 e. The average molecular weight is 348 g/mol. The third-order valence-electron chi connectivity index (χ3n) is 4.10. The summed E-state index contributed by atoms with van der Waals surface area (Å²) in [5, 5.41) is 3.87. The molecule has 1 aliphatic rings. The monoisotopic (exact) mass is 348 g/mol. The lowest BCUT2D eigenvalue weighted by Crippen LogP contribution is -2.22. The number of benzene rings is 2. The molecule has 0 N–H and O–H groups in total. The Kier molecular flexibility index (Phi) is 5.38. The number of nitrogens with zero attached hydrogens (tertiary/aromatic N) is 2. The van der Waals surface area contributed by atoms with E-state index in [2.05, 4.69) is 22.2 Å². The maximum Gasteiger partial charge on any atom is 0.416 e. The quantitative estimate of drug-likeness (QED) is 0.593. The number of hydrogen-bond acceptors (Lipinski definition) is 3. The van der Waals surface area contributed by atoms with Gasteiger partial charge < -0.3 is 4.84 Å². The summed E-state index contributed by atoms with van der Waals surface area (Å²) in [7, 11) is 0. The van der Waals surface area contributed by atoms with Crippen LogP contribution in [0.1, 0.15) is 23.1 Å². The molecule has 3 rings (SSSR count). The van der Waals surface area contributed by atoms with E-state index in [9.17, 15) is 13.2 Å². The van der Waals surface area contributed by atoms with Crippen molar-refractivity contribution in [3.63, 3.8) is 0 Å². The molecular formula is C19H19F3N2O. The van der Waals surface area contributed by atoms with Crippen molar-refractivity contribution in [2.75, 3.05) is 13.1 Å². The number of rotatable bonds is 5. The van der Waals surface area contributed by atoms with E-state index in [1.807, 2.05) is 18.2 Å². The van der Waals surface area contributed by atoms with Crippen LogP contribution in [0.3, 0.4) is 0 Å². The van der Waals surface area contributed by atoms with Crippen LogP contribution in [0.2, 0.25) is 0 Å². The van der Waals surface area contributed by atoms with E-state index in [0.29, 0.717) is 5.56 Å². The summed E-state index contributed by atoms with van der Waals surface area (Å²) in [5.74, 6) is 0. The van der Waals surface area contributed by atoms with Gasteiger partial charge in [-0.15, -0.1) is 0 Å². The first-order valence-corrected chi connectivity index (χ1v) is 8.13. The van der Waals surface area contributed by atoms with E-state index in [4.69, 9.17) is 4.84 Å². The Morgan fingerprint density at radius 1 is 1.12 bits per heavy atom. The molecule has 1 heterocycles. The minimum Gasteiger partial charge on any atom is -0.391 e. The molecule has 1 unspecified atom stereocenters. The second kappa shape index (κ2) is 7.70. The Hall–Kier alpha value is -2.34. The van der Waals surface area contributed by atoms with Crippen LogP contribution in [0.15, 0.2) is 59.8 Å². The molecule has 1 aliphatic heterocycles. The molecule has 0 saturated carbocycles. The molecule has 1 atom stereocenters. The normalized spacial score (nSPS) is 18.8. The van der Waals surface area contributed by atoms with Crippen LogP contribution < -0.4 is 0 Å². The number of oxime groups is 1. The van der Waals surface area contributed by atoms with Crippen LogP contribution >= 0.6 is 0 Å². The standard InChI is InChI=1S/C19H19F3N2O/c20-19(21,22)17-8-4-7-16(11-17)12-23-25-18-9-10-24(14-18)13-15-5-2-1-3-6-15/h1-8,11-12,18H,9-10,13-14H2/b23-12+. The van der Waals surface area contributed by atoms with Gasteiger partial charge in [-0.2, -0.15) is 13.2 Å². The summed E-state index contributed by atoms with van der Waals surface area (Å²) < 4.78 is 38.0. The van der Waals surface area contributed by atoms with Gasteiger partial charge in [0.25, 0.3) is 0 Å². The minimum absolute atomic E-state index is 0.0363. The van der Waals surface area contributed by atoms with Gasteiger partial charge in [0, 0.05) is 26.1 Å². The molecule has 25 heavy (non-hydrogen) atoms. The fourth-order valence-corrected chi connectivity index (χ4v) is 2.84. The van der Waals surface area contributed by atoms with Gasteiger partial charge in [-0.05, 0) is 23.3 Å². The van der Waals surface area contributed by atoms with Crippen LogP contribution in [0.4, 0.5) is 13.2 Å². The number of likely N-dealkylation sites (tertiary alicyclic amines) is 1. The molecule has 1 fully saturated rings. The molecule has 0 bridgehead atoms. The Bertz CT molecular complexity index is 716. The van der Waals surface area contributed by atoms with Crippen LogP contribution in [0, 0.1) is 0 Å². The molecule has 6 heteroatoms. The van der Waals surface area contributed by atoms with Crippen molar-refractivity contribution in [2.45, 2.75) is 25.2 Å². The predicted octanol–water partition coefficient (Wildman–Crippen LogP) is 4.33. The molecule has 0 amide bonds. The van der Waals surface area contributed by atoms with Crippen LogP contribution in [-0.4, -0.2) is 30.3 Å². The van der Waals surface area contributed by atoms with Crippen molar-refractivity contribution < 1.29 is 18.0 Å². The molecule has 0 spiro atoms. The predicted molar refractivity (Wildman–Crippen MR) is 90.2 cm³/mol. The average Bonchev–Trinajstić information content (AvgIpc) is 3.03. The van der Waals surface area contributed by atoms with Crippen molar-refractivity contribution in [3.05, 3.63) is 71.3 Å². The van der Waals surface area contributed by atoms with Crippen LogP contribution in [-0.2, 0) is 17.6 Å². The SMILES string of the molecule is FC(F)(F)c1cccc(/C=N/OC2CCN(Cc3ccccc3)C2)c1. The molecule has 0 aromatic heterocycles. The van der Waals surface area contributed by atoms with Crippen LogP contribution in [0.5, 0.6) is 0 Å². The van der Waals surface area contributed by atoms with E-state index in [-0.39, 0.29) is 6.10 Å². The molecular weight excluding hydrogens is 329 g/mol. The Morgan fingerprint density at radius 3 is 2.68 bits per heavy atom. The zero-order valence-corrected chi connectivity index (χ0v) is 13.6. The van der Waals surface area contributed by atoms with E-state index in [1.54, 1.807) is 6.07 Å². The van der Waals surface area contributed by atoms with E-state index in [0.717, 1.165) is 38.2 Å². The molecule has 0 radical (unpaired) electrons. The Labute approximate surface area is 144 Å².